The van der Waals surface area contributed by atoms with Crippen molar-refractivity contribution < 1.29 is 23.9 Å². The Morgan fingerprint density at radius 3 is 2.50 bits per heavy atom. The molecule has 1 heterocycles. The highest BCUT2D eigenvalue weighted by Gasteiger charge is 2.20. The second-order valence-corrected chi connectivity index (χ2v) is 4.66. The molecule has 0 spiro atoms. The molecule has 7 heteroatoms. The lowest BCUT2D eigenvalue weighted by molar-refractivity contribution is -0.165. The maximum absolute atomic E-state index is 11.5. The fourth-order valence-corrected chi connectivity index (χ4v) is 1.14. The molecule has 0 unspecified atom stereocenters. The van der Waals surface area contributed by atoms with Crippen molar-refractivity contribution in [3.8, 4) is 0 Å². The molecule has 0 radical (unpaired) electrons. The Morgan fingerprint density at radius 1 is 1.33 bits per heavy atom. The van der Waals surface area contributed by atoms with Crippen LogP contribution in [0.25, 0.3) is 0 Å². The first-order valence-electron chi connectivity index (χ1n) is 5.42. The van der Waals surface area contributed by atoms with Crippen LogP contribution in [0.4, 0.5) is 0 Å². The Kier molecular flexibility index (Phi) is 4.30. The number of amides is 1. The lowest BCUT2D eigenvalue weighted by Gasteiger charge is -2.19. The van der Waals surface area contributed by atoms with Gasteiger partial charge in [0.15, 0.2) is 6.61 Å². The number of esters is 2. The van der Waals surface area contributed by atoms with Crippen LogP contribution in [-0.2, 0) is 23.9 Å². The smallest absolute Gasteiger partial charge is 0.356 e. The van der Waals surface area contributed by atoms with Crippen molar-refractivity contribution in [1.82, 2.24) is 10.9 Å². The van der Waals surface area contributed by atoms with Gasteiger partial charge in [0, 0.05) is 6.42 Å². The molecule has 1 aliphatic heterocycles. The van der Waals surface area contributed by atoms with Crippen molar-refractivity contribution in [3.05, 3.63) is 11.8 Å². The first kappa shape index (κ1) is 14.0. The van der Waals surface area contributed by atoms with Gasteiger partial charge in [0.05, 0.1) is 0 Å². The molecule has 1 rings (SSSR count). The third-order valence-corrected chi connectivity index (χ3v) is 1.79. The monoisotopic (exact) mass is 256 g/mol. The quantitative estimate of drug-likeness (QED) is 0.678. The SMILES string of the molecule is CC(C)(C)OC(=O)COC(=O)C1=CCC(=O)NN1. The summed E-state index contributed by atoms with van der Waals surface area (Å²) >= 11 is 0. The lowest BCUT2D eigenvalue weighted by atomic mass is 10.2. The van der Waals surface area contributed by atoms with Crippen LogP contribution < -0.4 is 10.9 Å². The highest BCUT2D eigenvalue weighted by Crippen LogP contribution is 2.07. The predicted molar refractivity (Wildman–Crippen MR) is 60.8 cm³/mol. The van der Waals surface area contributed by atoms with Crippen molar-refractivity contribution in [3.63, 3.8) is 0 Å². The van der Waals surface area contributed by atoms with Gasteiger partial charge in [0.2, 0.25) is 5.91 Å². The van der Waals surface area contributed by atoms with Crippen LogP contribution in [0.3, 0.4) is 0 Å². The first-order valence-corrected chi connectivity index (χ1v) is 5.42. The van der Waals surface area contributed by atoms with E-state index in [2.05, 4.69) is 10.9 Å². The molecular weight excluding hydrogens is 240 g/mol. The van der Waals surface area contributed by atoms with Gasteiger partial charge in [-0.1, -0.05) is 0 Å². The summed E-state index contributed by atoms with van der Waals surface area (Å²) in [6.45, 7) is 4.68. The minimum absolute atomic E-state index is 0.0872. The molecule has 1 amide bonds. The van der Waals surface area contributed by atoms with Gasteiger partial charge in [-0.3, -0.25) is 15.6 Å². The first-order chi connectivity index (χ1) is 8.28. The van der Waals surface area contributed by atoms with Gasteiger partial charge in [-0.15, -0.1) is 0 Å². The zero-order chi connectivity index (χ0) is 13.8. The number of hydrogen-bond donors (Lipinski definition) is 2. The van der Waals surface area contributed by atoms with Gasteiger partial charge in [-0.2, -0.15) is 0 Å². The molecule has 0 saturated heterocycles. The van der Waals surface area contributed by atoms with E-state index in [1.54, 1.807) is 20.8 Å². The summed E-state index contributed by atoms with van der Waals surface area (Å²) in [4.78, 5) is 33.6. The fraction of sp³-hybridized carbons (Fsp3) is 0.545. The lowest BCUT2D eigenvalue weighted by Crippen LogP contribution is -2.42. The summed E-state index contributed by atoms with van der Waals surface area (Å²) in [5.41, 5.74) is 4.11. The van der Waals surface area contributed by atoms with Crippen LogP contribution in [0.2, 0.25) is 0 Å². The molecule has 0 fully saturated rings. The third kappa shape index (κ3) is 4.86. The number of carbonyl (C=O) groups is 3. The number of nitrogens with one attached hydrogen (secondary N) is 2. The summed E-state index contributed by atoms with van der Waals surface area (Å²) in [5, 5.41) is 0. The molecule has 0 atom stereocenters. The third-order valence-electron chi connectivity index (χ3n) is 1.79. The number of hydrogen-bond acceptors (Lipinski definition) is 6. The van der Waals surface area contributed by atoms with Gasteiger partial charge in [-0.25, -0.2) is 9.59 Å². The van der Waals surface area contributed by atoms with Crippen molar-refractivity contribution in [1.29, 1.82) is 0 Å². The molecule has 0 aromatic heterocycles. The molecule has 0 bridgehead atoms. The van der Waals surface area contributed by atoms with Crippen molar-refractivity contribution >= 4 is 17.8 Å². The highest BCUT2D eigenvalue weighted by atomic mass is 16.6. The Hall–Kier alpha value is -2.05. The maximum atomic E-state index is 11.5. The van der Waals surface area contributed by atoms with E-state index in [4.69, 9.17) is 9.47 Å². The normalized spacial score (nSPS) is 15.1. The molecule has 0 aromatic rings. The van der Waals surface area contributed by atoms with Gasteiger partial charge >= 0.3 is 11.9 Å². The molecule has 0 aromatic carbocycles. The summed E-state index contributed by atoms with van der Waals surface area (Å²) in [6, 6.07) is 0. The number of hydrazine groups is 1. The molecular formula is C11H16N2O5. The maximum Gasteiger partial charge on any atom is 0.356 e. The van der Waals surface area contributed by atoms with Crippen molar-refractivity contribution in [2.75, 3.05) is 6.61 Å². The number of ether oxygens (including phenoxy) is 2. The van der Waals surface area contributed by atoms with Crippen LogP contribution in [0.5, 0.6) is 0 Å². The fourth-order valence-electron chi connectivity index (χ4n) is 1.14. The topological polar surface area (TPSA) is 93.7 Å². The Labute approximate surface area is 104 Å². The molecule has 18 heavy (non-hydrogen) atoms. The summed E-state index contributed by atoms with van der Waals surface area (Å²) < 4.78 is 9.70. The summed E-state index contributed by atoms with van der Waals surface area (Å²) in [7, 11) is 0. The van der Waals surface area contributed by atoms with Crippen LogP contribution >= 0.6 is 0 Å². The van der Waals surface area contributed by atoms with E-state index in [1.165, 1.54) is 6.08 Å². The van der Waals surface area contributed by atoms with Gasteiger partial charge in [0.25, 0.3) is 0 Å². The van der Waals surface area contributed by atoms with Gasteiger partial charge in [-0.05, 0) is 26.8 Å². The summed E-state index contributed by atoms with van der Waals surface area (Å²) in [5.74, 6) is -1.60. The molecule has 0 aliphatic carbocycles. The van der Waals surface area contributed by atoms with Crippen molar-refractivity contribution in [2.24, 2.45) is 0 Å². The minimum Gasteiger partial charge on any atom is -0.457 e. The molecule has 7 nitrogen and oxygen atoms in total. The standard InChI is InChI=1S/C11H16N2O5/c1-11(2,3)18-9(15)6-17-10(16)7-4-5-8(14)13-12-7/h4,12H,5-6H2,1-3H3,(H,13,14). The average molecular weight is 256 g/mol. The van der Waals surface area contributed by atoms with E-state index < -0.39 is 24.1 Å². The van der Waals surface area contributed by atoms with Crippen molar-refractivity contribution in [2.45, 2.75) is 32.8 Å². The van der Waals surface area contributed by atoms with Crippen LogP contribution in [0.15, 0.2) is 11.8 Å². The van der Waals surface area contributed by atoms with E-state index in [0.29, 0.717) is 0 Å². The molecule has 0 saturated carbocycles. The van der Waals surface area contributed by atoms with Crippen LogP contribution in [0.1, 0.15) is 27.2 Å². The zero-order valence-electron chi connectivity index (χ0n) is 10.5. The van der Waals surface area contributed by atoms with Crippen LogP contribution in [0, 0.1) is 0 Å². The second-order valence-electron chi connectivity index (χ2n) is 4.66. The number of rotatable bonds is 3. The number of carbonyl (C=O) groups excluding carboxylic acids is 3. The Balaban J connectivity index is 2.38. The zero-order valence-corrected chi connectivity index (χ0v) is 10.5. The van der Waals surface area contributed by atoms with Crippen LogP contribution in [-0.4, -0.2) is 30.1 Å². The van der Waals surface area contributed by atoms with E-state index >= 15 is 0 Å². The predicted octanol–water partition coefficient (Wildman–Crippen LogP) is -0.220. The molecule has 1 aliphatic rings. The van der Waals surface area contributed by atoms with E-state index in [-0.39, 0.29) is 18.0 Å². The summed E-state index contributed by atoms with van der Waals surface area (Å²) in [6.07, 6.45) is 1.47. The minimum atomic E-state index is -0.721. The average Bonchev–Trinajstić information content (AvgIpc) is 2.24. The van der Waals surface area contributed by atoms with E-state index in [1.807, 2.05) is 0 Å². The van der Waals surface area contributed by atoms with E-state index in [9.17, 15) is 14.4 Å². The molecule has 2 N–H and O–H groups in total. The largest absolute Gasteiger partial charge is 0.457 e. The molecule has 100 valence electrons. The van der Waals surface area contributed by atoms with Gasteiger partial charge in [0.1, 0.15) is 11.3 Å². The Morgan fingerprint density at radius 2 is 2.00 bits per heavy atom. The van der Waals surface area contributed by atoms with E-state index in [0.717, 1.165) is 0 Å². The van der Waals surface area contributed by atoms with Gasteiger partial charge < -0.3 is 9.47 Å². The Bertz CT molecular complexity index is 395. The second kappa shape index (κ2) is 5.52. The highest BCUT2D eigenvalue weighted by molar-refractivity contribution is 5.92.